The zero-order valence-electron chi connectivity index (χ0n) is 19.5. The quantitative estimate of drug-likeness (QED) is 0.507. The second kappa shape index (κ2) is 8.30. The first-order valence-electron chi connectivity index (χ1n) is 12.8. The summed E-state index contributed by atoms with van der Waals surface area (Å²) in [5.74, 6) is 4.82. The van der Waals surface area contributed by atoms with E-state index in [4.69, 9.17) is 0 Å². The molecule has 2 heteroatoms. The van der Waals surface area contributed by atoms with Gasteiger partial charge in [-0.3, -0.25) is 0 Å². The Morgan fingerprint density at radius 3 is 2.59 bits per heavy atom. The van der Waals surface area contributed by atoms with E-state index in [2.05, 4.69) is 33.8 Å². The fourth-order valence-corrected chi connectivity index (χ4v) is 8.70. The number of rotatable bonds is 6. The van der Waals surface area contributed by atoms with Crippen molar-refractivity contribution in [2.24, 2.45) is 46.3 Å². The Hall–Kier alpha value is -0.340. The smallest absolute Gasteiger partial charge is 0.0577 e. The summed E-state index contributed by atoms with van der Waals surface area (Å²) in [6.07, 6.45) is 16.4. The Bertz CT molecular complexity index is 612. The highest BCUT2D eigenvalue weighted by Gasteiger charge is 2.59. The highest BCUT2D eigenvalue weighted by Crippen LogP contribution is 2.67. The van der Waals surface area contributed by atoms with E-state index < -0.39 is 0 Å². The third-order valence-corrected chi connectivity index (χ3v) is 10.5. The van der Waals surface area contributed by atoms with E-state index in [1.54, 1.807) is 5.57 Å². The van der Waals surface area contributed by atoms with E-state index in [0.29, 0.717) is 23.4 Å². The lowest BCUT2D eigenvalue weighted by molar-refractivity contribution is -0.0573. The average molecular weight is 403 g/mol. The minimum Gasteiger partial charge on any atom is -0.396 e. The molecule has 0 aliphatic heterocycles. The van der Waals surface area contributed by atoms with Gasteiger partial charge in [0.05, 0.1) is 6.10 Å². The van der Waals surface area contributed by atoms with Crippen molar-refractivity contribution in [2.45, 2.75) is 104 Å². The third-order valence-electron chi connectivity index (χ3n) is 10.5. The summed E-state index contributed by atoms with van der Waals surface area (Å²) in [5, 5.41) is 19.5. The summed E-state index contributed by atoms with van der Waals surface area (Å²) < 4.78 is 0. The van der Waals surface area contributed by atoms with Crippen LogP contribution in [-0.4, -0.2) is 22.9 Å². The molecule has 0 saturated heterocycles. The molecule has 4 aliphatic carbocycles. The highest BCUT2D eigenvalue weighted by molar-refractivity contribution is 5.25. The summed E-state index contributed by atoms with van der Waals surface area (Å²) in [4.78, 5) is 0. The molecule has 0 aromatic rings. The molecule has 0 spiro atoms. The van der Waals surface area contributed by atoms with Gasteiger partial charge in [-0.05, 0) is 104 Å². The molecule has 0 aromatic carbocycles. The van der Waals surface area contributed by atoms with Gasteiger partial charge in [-0.2, -0.15) is 0 Å². The zero-order chi connectivity index (χ0) is 20.8. The number of fused-ring (bicyclic) bond motifs is 5. The molecule has 4 aliphatic rings. The maximum atomic E-state index is 10.2. The molecule has 3 fully saturated rings. The molecule has 9 atom stereocenters. The first-order chi connectivity index (χ1) is 13.8. The van der Waals surface area contributed by atoms with Crippen molar-refractivity contribution in [1.29, 1.82) is 0 Å². The molecule has 0 heterocycles. The Balaban J connectivity index is 1.46. The largest absolute Gasteiger partial charge is 0.396 e. The topological polar surface area (TPSA) is 40.5 Å². The first-order valence-corrected chi connectivity index (χ1v) is 12.8. The van der Waals surface area contributed by atoms with Crippen LogP contribution in [-0.2, 0) is 0 Å². The van der Waals surface area contributed by atoms with Crippen LogP contribution in [0.3, 0.4) is 0 Å². The van der Waals surface area contributed by atoms with Crippen LogP contribution < -0.4 is 0 Å². The Morgan fingerprint density at radius 1 is 1.03 bits per heavy atom. The fourth-order valence-electron chi connectivity index (χ4n) is 8.70. The number of aliphatic hydroxyl groups is 2. The molecule has 3 saturated carbocycles. The van der Waals surface area contributed by atoms with Gasteiger partial charge in [-0.25, -0.2) is 0 Å². The van der Waals surface area contributed by atoms with Crippen molar-refractivity contribution in [1.82, 2.24) is 0 Å². The monoisotopic (exact) mass is 402 g/mol. The lowest BCUT2D eigenvalue weighted by atomic mass is 9.47. The molecular formula is C27H46O2. The van der Waals surface area contributed by atoms with Crippen molar-refractivity contribution in [3.63, 3.8) is 0 Å². The van der Waals surface area contributed by atoms with E-state index >= 15 is 0 Å². The molecule has 0 aromatic heterocycles. The molecule has 2 N–H and O–H groups in total. The molecule has 4 rings (SSSR count). The molecule has 0 amide bonds. The maximum absolute atomic E-state index is 10.2. The average Bonchev–Trinajstić information content (AvgIpc) is 3.05. The van der Waals surface area contributed by atoms with Gasteiger partial charge in [-0.1, -0.05) is 52.2 Å². The van der Waals surface area contributed by atoms with Gasteiger partial charge in [-0.15, -0.1) is 0 Å². The third kappa shape index (κ3) is 3.75. The van der Waals surface area contributed by atoms with Gasteiger partial charge in [0, 0.05) is 6.61 Å². The number of hydrogen-bond donors (Lipinski definition) is 2. The van der Waals surface area contributed by atoms with Crippen LogP contribution in [0.15, 0.2) is 11.6 Å². The fraction of sp³-hybridized carbons (Fsp3) is 0.926. The van der Waals surface area contributed by atoms with Gasteiger partial charge in [0.15, 0.2) is 0 Å². The predicted octanol–water partition coefficient (Wildman–Crippen LogP) is 6.36. The van der Waals surface area contributed by atoms with Crippen molar-refractivity contribution in [3.8, 4) is 0 Å². The van der Waals surface area contributed by atoms with Crippen molar-refractivity contribution in [3.05, 3.63) is 11.6 Å². The summed E-state index contributed by atoms with van der Waals surface area (Å²) in [6, 6.07) is 0. The molecule has 166 valence electrons. The summed E-state index contributed by atoms with van der Waals surface area (Å²) in [6.45, 7) is 10.2. The van der Waals surface area contributed by atoms with E-state index in [0.717, 1.165) is 42.4 Å². The van der Waals surface area contributed by atoms with Gasteiger partial charge in [0.2, 0.25) is 0 Å². The predicted molar refractivity (Wildman–Crippen MR) is 120 cm³/mol. The number of hydrogen-bond acceptors (Lipinski definition) is 2. The van der Waals surface area contributed by atoms with Gasteiger partial charge in [0.25, 0.3) is 0 Å². The van der Waals surface area contributed by atoms with Crippen LogP contribution in [0.25, 0.3) is 0 Å². The van der Waals surface area contributed by atoms with Crippen molar-refractivity contribution < 1.29 is 10.2 Å². The molecule has 0 bridgehead atoms. The Kier molecular flexibility index (Phi) is 6.26. The summed E-state index contributed by atoms with van der Waals surface area (Å²) in [7, 11) is 0. The molecular weight excluding hydrogens is 356 g/mol. The highest BCUT2D eigenvalue weighted by atomic mass is 16.3. The molecule has 2 nitrogen and oxygen atoms in total. The SMILES string of the molecule is C[C@H](CO)CCC[C@@H](C)[C@H]1CC[C@H]2[C@@H]3CC=C4C[C@H](O)CC[C@]4(C)[C@H]3CC[C@]12C. The van der Waals surface area contributed by atoms with Gasteiger partial charge in [0.1, 0.15) is 0 Å². The molecule has 0 unspecified atom stereocenters. The van der Waals surface area contributed by atoms with E-state index in [-0.39, 0.29) is 6.10 Å². The number of allylic oxidation sites excluding steroid dienone is 1. The van der Waals surface area contributed by atoms with Crippen molar-refractivity contribution >= 4 is 0 Å². The van der Waals surface area contributed by atoms with Gasteiger partial charge < -0.3 is 10.2 Å². The van der Waals surface area contributed by atoms with Crippen molar-refractivity contribution in [2.75, 3.05) is 6.61 Å². The minimum absolute atomic E-state index is 0.0926. The first kappa shape index (κ1) is 21.9. The van der Waals surface area contributed by atoms with Gasteiger partial charge >= 0.3 is 0 Å². The zero-order valence-corrected chi connectivity index (χ0v) is 19.5. The van der Waals surface area contributed by atoms with Crippen LogP contribution in [0.5, 0.6) is 0 Å². The van der Waals surface area contributed by atoms with Crippen LogP contribution in [0, 0.1) is 46.3 Å². The van der Waals surface area contributed by atoms with Crippen LogP contribution in [0.1, 0.15) is 98.3 Å². The summed E-state index contributed by atoms with van der Waals surface area (Å²) >= 11 is 0. The Labute approximate surface area is 179 Å². The lowest BCUT2D eigenvalue weighted by Crippen LogP contribution is -2.50. The van der Waals surface area contributed by atoms with Crippen LogP contribution in [0.4, 0.5) is 0 Å². The van der Waals surface area contributed by atoms with Crippen LogP contribution in [0.2, 0.25) is 0 Å². The van der Waals surface area contributed by atoms with Crippen LogP contribution >= 0.6 is 0 Å². The molecule has 29 heavy (non-hydrogen) atoms. The van der Waals surface area contributed by atoms with E-state index in [1.807, 2.05) is 0 Å². The number of aliphatic hydroxyl groups excluding tert-OH is 2. The standard InChI is InChI=1S/C27H46O2/c1-18(17-28)6-5-7-19(2)23-10-11-24-22-9-8-20-16-21(29)12-14-26(20,3)25(22)13-15-27(23,24)4/h8,18-19,21-25,28-29H,5-7,9-17H2,1-4H3/t18-,19+,21+,22-,23+,24-,25-,26-,27+/m0/s1. The summed E-state index contributed by atoms with van der Waals surface area (Å²) in [5.41, 5.74) is 2.51. The normalized spacial score (nSPS) is 46.3. The maximum Gasteiger partial charge on any atom is 0.0577 e. The Morgan fingerprint density at radius 2 is 1.83 bits per heavy atom. The molecule has 0 radical (unpaired) electrons. The van der Waals surface area contributed by atoms with E-state index in [9.17, 15) is 10.2 Å². The van der Waals surface area contributed by atoms with E-state index in [1.165, 1.54) is 57.8 Å². The minimum atomic E-state index is -0.0926. The second-order valence-electron chi connectivity index (χ2n) is 12.1. The second-order valence-corrected chi connectivity index (χ2v) is 12.1. The lowest BCUT2D eigenvalue weighted by Gasteiger charge is -2.58.